The van der Waals surface area contributed by atoms with Crippen LogP contribution in [0, 0.1) is 0 Å². The number of benzene rings is 1. The van der Waals surface area contributed by atoms with Crippen LogP contribution < -0.4 is 11.2 Å². The van der Waals surface area contributed by atoms with Crippen molar-refractivity contribution >= 4 is 17.3 Å². The summed E-state index contributed by atoms with van der Waals surface area (Å²) in [6.45, 7) is 1.78. The first-order valence-electron chi connectivity index (χ1n) is 5.78. The lowest BCUT2D eigenvalue weighted by Gasteiger charge is -2.02. The molecule has 0 aliphatic rings. The van der Waals surface area contributed by atoms with Crippen molar-refractivity contribution in [2.24, 2.45) is 5.10 Å². The van der Waals surface area contributed by atoms with Crippen LogP contribution in [0.4, 0.5) is 5.69 Å². The van der Waals surface area contributed by atoms with Gasteiger partial charge in [0.2, 0.25) is 0 Å². The van der Waals surface area contributed by atoms with Gasteiger partial charge < -0.3 is 5.73 Å². The fraction of sp³-hybridized carbons (Fsp3) is 0.0714. The molecular weight excluding hydrogens is 240 g/mol. The second-order valence-corrected chi connectivity index (χ2v) is 3.98. The molecule has 0 saturated heterocycles. The van der Waals surface area contributed by atoms with Crippen molar-refractivity contribution in [2.45, 2.75) is 6.92 Å². The standard InChI is InChI=1S/C14H14N4O/c1-10(13-4-2-3-9-16-13)17-18-14(19)11-5-7-12(15)8-6-11/h2-9H,15H2,1H3,(H,18,19)/b17-10-. The van der Waals surface area contributed by atoms with E-state index in [0.717, 1.165) is 5.69 Å². The summed E-state index contributed by atoms with van der Waals surface area (Å²) < 4.78 is 0. The van der Waals surface area contributed by atoms with Gasteiger partial charge in [-0.2, -0.15) is 5.10 Å². The third-order valence-electron chi connectivity index (χ3n) is 2.53. The number of aromatic nitrogens is 1. The Morgan fingerprint density at radius 2 is 1.95 bits per heavy atom. The number of hydrogen-bond donors (Lipinski definition) is 2. The normalized spacial score (nSPS) is 11.1. The Labute approximate surface area is 111 Å². The number of nitrogens with zero attached hydrogens (tertiary/aromatic N) is 2. The number of hydrogen-bond acceptors (Lipinski definition) is 4. The molecule has 2 aromatic rings. The molecule has 0 radical (unpaired) electrons. The lowest BCUT2D eigenvalue weighted by atomic mass is 10.2. The Kier molecular flexibility index (Phi) is 3.87. The van der Waals surface area contributed by atoms with Crippen LogP contribution in [0.2, 0.25) is 0 Å². The van der Waals surface area contributed by atoms with E-state index < -0.39 is 0 Å². The summed E-state index contributed by atoms with van der Waals surface area (Å²) in [5.74, 6) is -0.282. The van der Waals surface area contributed by atoms with Crippen molar-refractivity contribution in [1.82, 2.24) is 10.4 Å². The minimum absolute atomic E-state index is 0.282. The second kappa shape index (κ2) is 5.77. The minimum atomic E-state index is -0.282. The van der Waals surface area contributed by atoms with Crippen LogP contribution in [0.5, 0.6) is 0 Å². The summed E-state index contributed by atoms with van der Waals surface area (Å²) in [7, 11) is 0. The smallest absolute Gasteiger partial charge is 0.271 e. The maximum absolute atomic E-state index is 11.8. The van der Waals surface area contributed by atoms with Crippen molar-refractivity contribution < 1.29 is 4.79 Å². The average Bonchev–Trinajstić information content (AvgIpc) is 2.46. The number of rotatable bonds is 3. The predicted molar refractivity (Wildman–Crippen MR) is 74.8 cm³/mol. The molecule has 2 rings (SSSR count). The molecule has 0 spiro atoms. The Morgan fingerprint density at radius 3 is 2.58 bits per heavy atom. The van der Waals surface area contributed by atoms with E-state index >= 15 is 0 Å². The minimum Gasteiger partial charge on any atom is -0.399 e. The number of hydrazone groups is 1. The number of nitrogens with two attached hydrogens (primary N) is 1. The summed E-state index contributed by atoms with van der Waals surface area (Å²) in [5.41, 5.74) is 10.5. The van der Waals surface area contributed by atoms with Gasteiger partial charge in [0, 0.05) is 17.4 Å². The molecule has 1 heterocycles. The molecular formula is C14H14N4O. The lowest BCUT2D eigenvalue weighted by molar-refractivity contribution is 0.0955. The van der Waals surface area contributed by atoms with Gasteiger partial charge in [-0.25, -0.2) is 5.43 Å². The van der Waals surface area contributed by atoms with E-state index in [0.29, 0.717) is 17.0 Å². The van der Waals surface area contributed by atoms with Gasteiger partial charge in [0.15, 0.2) is 0 Å². The fourth-order valence-corrected chi connectivity index (χ4v) is 1.47. The molecule has 0 atom stereocenters. The third-order valence-corrected chi connectivity index (χ3v) is 2.53. The number of carbonyl (C=O) groups excluding carboxylic acids is 1. The lowest BCUT2D eigenvalue weighted by Crippen LogP contribution is -2.19. The van der Waals surface area contributed by atoms with E-state index in [1.165, 1.54) is 0 Å². The number of nitrogen functional groups attached to an aromatic ring is 1. The number of amides is 1. The highest BCUT2D eigenvalue weighted by Crippen LogP contribution is 2.05. The summed E-state index contributed by atoms with van der Waals surface area (Å²) in [5, 5.41) is 4.02. The van der Waals surface area contributed by atoms with Crippen molar-refractivity contribution in [3.05, 3.63) is 59.9 Å². The maximum atomic E-state index is 11.8. The number of pyridine rings is 1. The molecule has 1 aromatic carbocycles. The first kappa shape index (κ1) is 12.8. The van der Waals surface area contributed by atoms with Gasteiger partial charge in [-0.3, -0.25) is 9.78 Å². The highest BCUT2D eigenvalue weighted by molar-refractivity contribution is 5.99. The highest BCUT2D eigenvalue weighted by Gasteiger charge is 2.04. The molecule has 96 valence electrons. The molecule has 0 aliphatic heterocycles. The average molecular weight is 254 g/mol. The van der Waals surface area contributed by atoms with E-state index in [4.69, 9.17) is 5.73 Å². The molecule has 19 heavy (non-hydrogen) atoms. The molecule has 0 unspecified atom stereocenters. The second-order valence-electron chi connectivity index (χ2n) is 3.98. The fourth-order valence-electron chi connectivity index (χ4n) is 1.47. The van der Waals surface area contributed by atoms with Crippen LogP contribution in [-0.4, -0.2) is 16.6 Å². The molecule has 0 bridgehead atoms. The molecule has 1 amide bonds. The topological polar surface area (TPSA) is 80.4 Å². The summed E-state index contributed by atoms with van der Waals surface area (Å²) in [6.07, 6.45) is 1.68. The van der Waals surface area contributed by atoms with Gasteiger partial charge in [0.05, 0.1) is 11.4 Å². The van der Waals surface area contributed by atoms with Gasteiger partial charge >= 0.3 is 0 Å². The van der Waals surface area contributed by atoms with Gasteiger partial charge in [0.25, 0.3) is 5.91 Å². The Hall–Kier alpha value is -2.69. The van der Waals surface area contributed by atoms with E-state index in [1.54, 1.807) is 37.4 Å². The molecule has 3 N–H and O–H groups in total. The molecule has 5 heteroatoms. The van der Waals surface area contributed by atoms with Crippen molar-refractivity contribution in [3.8, 4) is 0 Å². The molecule has 0 aliphatic carbocycles. The molecule has 1 aromatic heterocycles. The predicted octanol–water partition coefficient (Wildman–Crippen LogP) is 1.82. The first-order chi connectivity index (χ1) is 9.16. The Bertz CT molecular complexity index is 591. The van der Waals surface area contributed by atoms with Crippen molar-refractivity contribution in [2.75, 3.05) is 5.73 Å². The monoisotopic (exact) mass is 254 g/mol. The van der Waals surface area contributed by atoms with Crippen molar-refractivity contribution in [1.29, 1.82) is 0 Å². The quantitative estimate of drug-likeness (QED) is 0.498. The van der Waals surface area contributed by atoms with Crippen LogP contribution in [0.25, 0.3) is 0 Å². The number of carbonyl (C=O) groups is 1. The molecule has 5 nitrogen and oxygen atoms in total. The van der Waals surface area contributed by atoms with Gasteiger partial charge in [-0.15, -0.1) is 0 Å². The van der Waals surface area contributed by atoms with E-state index in [-0.39, 0.29) is 5.91 Å². The summed E-state index contributed by atoms with van der Waals surface area (Å²) >= 11 is 0. The zero-order valence-electron chi connectivity index (χ0n) is 10.5. The highest BCUT2D eigenvalue weighted by atomic mass is 16.2. The van der Waals surface area contributed by atoms with Gasteiger partial charge in [0.1, 0.15) is 0 Å². The van der Waals surface area contributed by atoms with E-state index in [9.17, 15) is 4.79 Å². The zero-order valence-corrected chi connectivity index (χ0v) is 10.5. The van der Waals surface area contributed by atoms with E-state index in [1.807, 2.05) is 18.2 Å². The number of anilines is 1. The molecule has 0 saturated carbocycles. The maximum Gasteiger partial charge on any atom is 0.271 e. The largest absolute Gasteiger partial charge is 0.399 e. The third kappa shape index (κ3) is 3.38. The van der Waals surface area contributed by atoms with Crippen LogP contribution in [-0.2, 0) is 0 Å². The van der Waals surface area contributed by atoms with Crippen LogP contribution in [0.1, 0.15) is 23.0 Å². The summed E-state index contributed by atoms with van der Waals surface area (Å²) in [6, 6.07) is 12.2. The van der Waals surface area contributed by atoms with Crippen LogP contribution in [0.3, 0.4) is 0 Å². The van der Waals surface area contributed by atoms with Gasteiger partial charge in [-0.1, -0.05) is 6.07 Å². The van der Waals surface area contributed by atoms with Crippen LogP contribution >= 0.6 is 0 Å². The van der Waals surface area contributed by atoms with E-state index in [2.05, 4.69) is 15.5 Å². The Balaban J connectivity index is 2.06. The summed E-state index contributed by atoms with van der Waals surface area (Å²) in [4.78, 5) is 16.0. The Morgan fingerprint density at radius 1 is 1.21 bits per heavy atom. The zero-order chi connectivity index (χ0) is 13.7. The SMILES string of the molecule is C/C(=N/NC(=O)c1ccc(N)cc1)c1ccccn1. The first-order valence-corrected chi connectivity index (χ1v) is 5.78. The van der Waals surface area contributed by atoms with Crippen LogP contribution in [0.15, 0.2) is 53.8 Å². The van der Waals surface area contributed by atoms with Gasteiger partial charge in [-0.05, 0) is 43.3 Å². The van der Waals surface area contributed by atoms with Crippen molar-refractivity contribution in [3.63, 3.8) is 0 Å². The molecule has 0 fully saturated rings. The number of nitrogens with one attached hydrogen (secondary N) is 1.